The second kappa shape index (κ2) is 4.23. The normalized spacial score (nSPS) is 10.4. The number of nitrogen functional groups attached to an aromatic ring is 1. The molecule has 0 bridgehead atoms. The molecular weight excluding hydrogens is 200 g/mol. The number of nitrogens with two attached hydrogens (primary N) is 1. The summed E-state index contributed by atoms with van der Waals surface area (Å²) in [6, 6.07) is 4.20. The van der Waals surface area contributed by atoms with Gasteiger partial charge in [-0.1, -0.05) is 12.1 Å². The van der Waals surface area contributed by atoms with Crippen LogP contribution >= 0.6 is 0 Å². The molecule has 0 heterocycles. The monoisotopic (exact) mass is 208 g/mol. The topological polar surface area (TPSA) is 106 Å². The molecule has 78 valence electrons. The molecule has 0 spiro atoms. The van der Waals surface area contributed by atoms with Gasteiger partial charge in [0.05, 0.1) is 4.92 Å². The van der Waals surface area contributed by atoms with Crippen molar-refractivity contribution in [2.24, 2.45) is 0 Å². The van der Waals surface area contributed by atoms with E-state index in [9.17, 15) is 14.9 Å². The number of hydrogen-bond donors (Lipinski definition) is 2. The maximum absolute atomic E-state index is 10.5. The predicted octanol–water partition coefficient (Wildman–Crippen LogP) is 1.27. The van der Waals surface area contributed by atoms with Gasteiger partial charge in [0.2, 0.25) is 0 Å². The van der Waals surface area contributed by atoms with E-state index in [2.05, 4.69) is 0 Å². The van der Waals surface area contributed by atoms with Crippen molar-refractivity contribution in [3.05, 3.63) is 40.0 Å². The lowest BCUT2D eigenvalue weighted by Crippen LogP contribution is -1.97. The van der Waals surface area contributed by atoms with Crippen molar-refractivity contribution in [2.75, 3.05) is 5.73 Å². The van der Waals surface area contributed by atoms with Gasteiger partial charge in [-0.3, -0.25) is 10.1 Å². The van der Waals surface area contributed by atoms with Gasteiger partial charge in [0.15, 0.2) is 0 Å². The number of hydrogen-bond acceptors (Lipinski definition) is 4. The van der Waals surface area contributed by atoms with E-state index in [1.165, 1.54) is 24.3 Å². The van der Waals surface area contributed by atoms with Crippen molar-refractivity contribution in [3.63, 3.8) is 0 Å². The van der Waals surface area contributed by atoms with E-state index in [4.69, 9.17) is 10.8 Å². The molecule has 0 radical (unpaired) electrons. The van der Waals surface area contributed by atoms with E-state index in [0.29, 0.717) is 5.56 Å². The first-order valence-electron chi connectivity index (χ1n) is 3.96. The van der Waals surface area contributed by atoms with Gasteiger partial charge >= 0.3 is 5.97 Å². The Morgan fingerprint density at radius 2 is 2.20 bits per heavy atom. The molecule has 0 aromatic heterocycles. The number of para-hydroxylation sites is 1. The Kier molecular flexibility index (Phi) is 3.02. The molecule has 0 fully saturated rings. The van der Waals surface area contributed by atoms with Crippen LogP contribution in [-0.4, -0.2) is 16.0 Å². The van der Waals surface area contributed by atoms with Gasteiger partial charge in [0, 0.05) is 17.7 Å². The SMILES string of the molecule is Nc1c(/C=C/C(=O)O)cccc1[N+](=O)[O-]. The molecule has 0 amide bonds. The smallest absolute Gasteiger partial charge is 0.328 e. The molecular formula is C9H8N2O4. The van der Waals surface area contributed by atoms with Crippen molar-refractivity contribution in [2.45, 2.75) is 0 Å². The average Bonchev–Trinajstić information content (AvgIpc) is 2.15. The molecule has 0 aliphatic heterocycles. The third-order valence-electron chi connectivity index (χ3n) is 1.72. The first kappa shape index (κ1) is 10.7. The van der Waals surface area contributed by atoms with Gasteiger partial charge in [-0.25, -0.2) is 4.79 Å². The highest BCUT2D eigenvalue weighted by Gasteiger charge is 2.12. The quantitative estimate of drug-likeness (QED) is 0.336. The highest BCUT2D eigenvalue weighted by molar-refractivity contribution is 5.87. The minimum atomic E-state index is -1.14. The van der Waals surface area contributed by atoms with E-state index in [0.717, 1.165) is 6.08 Å². The summed E-state index contributed by atoms with van der Waals surface area (Å²) >= 11 is 0. The first-order valence-corrected chi connectivity index (χ1v) is 3.96. The van der Waals surface area contributed by atoms with Gasteiger partial charge < -0.3 is 10.8 Å². The lowest BCUT2D eigenvalue weighted by Gasteiger charge is -2.00. The van der Waals surface area contributed by atoms with Gasteiger partial charge in [-0.15, -0.1) is 0 Å². The van der Waals surface area contributed by atoms with Crippen LogP contribution < -0.4 is 5.73 Å². The summed E-state index contributed by atoms with van der Waals surface area (Å²) in [5.41, 5.74) is 5.52. The minimum Gasteiger partial charge on any atom is -0.478 e. The summed E-state index contributed by atoms with van der Waals surface area (Å²) in [7, 11) is 0. The number of benzene rings is 1. The second-order valence-electron chi connectivity index (χ2n) is 2.71. The van der Waals surface area contributed by atoms with Crippen molar-refractivity contribution in [1.82, 2.24) is 0 Å². The fourth-order valence-electron chi connectivity index (χ4n) is 1.04. The van der Waals surface area contributed by atoms with E-state index in [1.54, 1.807) is 0 Å². The van der Waals surface area contributed by atoms with Crippen LogP contribution in [0.1, 0.15) is 5.56 Å². The summed E-state index contributed by atoms with van der Waals surface area (Å²) in [5, 5.41) is 18.9. The zero-order chi connectivity index (χ0) is 11.4. The number of carbonyl (C=O) groups is 1. The number of carboxylic acids is 1. The van der Waals surface area contributed by atoms with Crippen LogP contribution in [0.15, 0.2) is 24.3 Å². The molecule has 6 heteroatoms. The fourth-order valence-corrected chi connectivity index (χ4v) is 1.04. The molecule has 6 nitrogen and oxygen atoms in total. The zero-order valence-electron chi connectivity index (χ0n) is 7.58. The fraction of sp³-hybridized carbons (Fsp3) is 0. The maximum Gasteiger partial charge on any atom is 0.328 e. The highest BCUT2D eigenvalue weighted by Crippen LogP contribution is 2.25. The van der Waals surface area contributed by atoms with Crippen molar-refractivity contribution < 1.29 is 14.8 Å². The lowest BCUT2D eigenvalue weighted by molar-refractivity contribution is -0.383. The lowest BCUT2D eigenvalue weighted by atomic mass is 10.1. The minimum absolute atomic E-state index is 0.0417. The average molecular weight is 208 g/mol. The maximum atomic E-state index is 10.5. The number of nitro groups is 1. The van der Waals surface area contributed by atoms with Crippen molar-refractivity contribution in [3.8, 4) is 0 Å². The Morgan fingerprint density at radius 1 is 1.53 bits per heavy atom. The molecule has 0 saturated heterocycles. The van der Waals surface area contributed by atoms with Gasteiger partial charge in [0.25, 0.3) is 5.69 Å². The van der Waals surface area contributed by atoms with E-state index >= 15 is 0 Å². The third kappa shape index (κ3) is 2.53. The van der Waals surface area contributed by atoms with E-state index < -0.39 is 10.9 Å². The number of nitrogens with zero attached hydrogens (tertiary/aromatic N) is 1. The molecule has 0 aliphatic rings. The Labute approximate surface area is 84.8 Å². The molecule has 1 aromatic rings. The number of rotatable bonds is 3. The first-order chi connectivity index (χ1) is 7.02. The molecule has 1 aromatic carbocycles. The summed E-state index contributed by atoms with van der Waals surface area (Å²) in [5.74, 6) is -1.14. The number of nitro benzene ring substituents is 1. The molecule has 3 N–H and O–H groups in total. The number of aliphatic carboxylic acids is 1. The third-order valence-corrected chi connectivity index (χ3v) is 1.72. The second-order valence-corrected chi connectivity index (χ2v) is 2.71. The molecule has 0 atom stereocenters. The summed E-state index contributed by atoms with van der Waals surface area (Å²) in [4.78, 5) is 20.1. The number of carboxylic acid groups (broad SMARTS) is 1. The zero-order valence-corrected chi connectivity index (χ0v) is 7.58. The molecule has 0 aliphatic carbocycles. The van der Waals surface area contributed by atoms with Gasteiger partial charge in [-0.2, -0.15) is 0 Å². The Hall–Kier alpha value is -2.37. The van der Waals surface area contributed by atoms with Crippen LogP contribution in [0.25, 0.3) is 6.08 Å². The molecule has 1 rings (SSSR count). The van der Waals surface area contributed by atoms with Gasteiger partial charge in [0.1, 0.15) is 5.69 Å². The van der Waals surface area contributed by atoms with Crippen molar-refractivity contribution >= 4 is 23.4 Å². The van der Waals surface area contributed by atoms with Crippen LogP contribution in [0.4, 0.5) is 11.4 Å². The Morgan fingerprint density at radius 3 is 2.73 bits per heavy atom. The molecule has 0 unspecified atom stereocenters. The van der Waals surface area contributed by atoms with Gasteiger partial charge in [-0.05, 0) is 6.08 Å². The number of anilines is 1. The van der Waals surface area contributed by atoms with Crippen LogP contribution in [0.5, 0.6) is 0 Å². The molecule has 0 saturated carbocycles. The Bertz CT molecular complexity index is 440. The summed E-state index contributed by atoms with van der Waals surface area (Å²) < 4.78 is 0. The van der Waals surface area contributed by atoms with Crippen LogP contribution in [-0.2, 0) is 4.79 Å². The standard InChI is InChI=1S/C9H8N2O4/c10-9-6(4-5-8(12)13)2-1-3-7(9)11(14)15/h1-5H,10H2,(H,12,13)/b5-4+. The largest absolute Gasteiger partial charge is 0.478 e. The highest BCUT2D eigenvalue weighted by atomic mass is 16.6. The Balaban J connectivity index is 3.15. The van der Waals surface area contributed by atoms with E-state index in [1.807, 2.05) is 0 Å². The van der Waals surface area contributed by atoms with E-state index in [-0.39, 0.29) is 11.4 Å². The summed E-state index contributed by atoms with van der Waals surface area (Å²) in [6.07, 6.45) is 2.08. The van der Waals surface area contributed by atoms with Crippen LogP contribution in [0.2, 0.25) is 0 Å². The van der Waals surface area contributed by atoms with Crippen LogP contribution in [0.3, 0.4) is 0 Å². The predicted molar refractivity (Wildman–Crippen MR) is 54.2 cm³/mol. The van der Waals surface area contributed by atoms with Crippen molar-refractivity contribution in [1.29, 1.82) is 0 Å². The summed E-state index contributed by atoms with van der Waals surface area (Å²) in [6.45, 7) is 0. The van der Waals surface area contributed by atoms with Crippen LogP contribution in [0, 0.1) is 10.1 Å². The molecule has 15 heavy (non-hydrogen) atoms.